The summed E-state index contributed by atoms with van der Waals surface area (Å²) in [4.78, 5) is 25.6. The Morgan fingerprint density at radius 2 is 1.70 bits per heavy atom. The largest absolute Gasteiger partial charge is 0.394 e. The molecule has 0 unspecified atom stereocenters. The van der Waals surface area contributed by atoms with Crippen molar-refractivity contribution in [2.24, 2.45) is 5.92 Å². The molecule has 4 atom stereocenters. The van der Waals surface area contributed by atoms with Crippen LogP contribution in [0.2, 0.25) is 0 Å². The Balaban J connectivity index is 2.00. The molecule has 0 aromatic heterocycles. The maximum atomic E-state index is 13.0. The highest BCUT2D eigenvalue weighted by atomic mass is 16.5. The van der Waals surface area contributed by atoms with Crippen molar-refractivity contribution < 1.29 is 24.5 Å². The van der Waals surface area contributed by atoms with E-state index in [4.69, 9.17) is 4.74 Å². The van der Waals surface area contributed by atoms with E-state index in [1.54, 1.807) is 18.2 Å². The van der Waals surface area contributed by atoms with Gasteiger partial charge in [-0.1, -0.05) is 66.7 Å². The molecule has 0 aliphatic carbocycles. The molecule has 0 bridgehead atoms. The van der Waals surface area contributed by atoms with Crippen LogP contribution in [0.4, 0.5) is 0 Å². The quantitative estimate of drug-likeness (QED) is 0.327. The number of benzene rings is 2. The van der Waals surface area contributed by atoms with Gasteiger partial charge in [0.05, 0.1) is 31.2 Å². The predicted molar refractivity (Wildman–Crippen MR) is 127 cm³/mol. The highest BCUT2D eigenvalue weighted by Gasteiger charge is 2.28. The van der Waals surface area contributed by atoms with Crippen molar-refractivity contribution in [2.75, 3.05) is 20.3 Å². The van der Waals surface area contributed by atoms with Gasteiger partial charge in [-0.15, -0.1) is 6.58 Å². The summed E-state index contributed by atoms with van der Waals surface area (Å²) in [7, 11) is 1.49. The van der Waals surface area contributed by atoms with E-state index in [9.17, 15) is 19.8 Å². The molecule has 2 rings (SSSR count). The molecule has 0 saturated heterocycles. The smallest absolute Gasteiger partial charge is 0.224 e. The molecular formula is C26H34N2O5. The van der Waals surface area contributed by atoms with Crippen LogP contribution < -0.4 is 10.6 Å². The van der Waals surface area contributed by atoms with Crippen molar-refractivity contribution in [3.8, 4) is 0 Å². The Bertz CT molecular complexity index is 860. The van der Waals surface area contributed by atoms with Crippen molar-refractivity contribution in [1.82, 2.24) is 10.6 Å². The maximum absolute atomic E-state index is 13.0. The molecule has 7 nitrogen and oxygen atoms in total. The molecule has 178 valence electrons. The summed E-state index contributed by atoms with van der Waals surface area (Å²) in [5.41, 5.74) is 1.65. The van der Waals surface area contributed by atoms with Crippen LogP contribution in [-0.2, 0) is 20.7 Å². The number of amides is 2. The van der Waals surface area contributed by atoms with Crippen molar-refractivity contribution in [3.05, 3.63) is 84.4 Å². The fourth-order valence-electron chi connectivity index (χ4n) is 3.63. The third-order valence-corrected chi connectivity index (χ3v) is 5.36. The molecule has 4 N–H and O–H groups in total. The van der Waals surface area contributed by atoms with Gasteiger partial charge in [0.25, 0.3) is 0 Å². The maximum Gasteiger partial charge on any atom is 0.224 e. The highest BCUT2D eigenvalue weighted by Crippen LogP contribution is 2.19. The van der Waals surface area contributed by atoms with Crippen LogP contribution in [0.25, 0.3) is 0 Å². The van der Waals surface area contributed by atoms with Gasteiger partial charge in [-0.2, -0.15) is 0 Å². The van der Waals surface area contributed by atoms with Crippen molar-refractivity contribution in [1.29, 1.82) is 0 Å². The minimum atomic E-state index is -0.960. The summed E-state index contributed by atoms with van der Waals surface area (Å²) in [6, 6.07) is 17.4. The van der Waals surface area contributed by atoms with Crippen LogP contribution in [0, 0.1) is 5.92 Å². The molecule has 7 heteroatoms. The predicted octanol–water partition coefficient (Wildman–Crippen LogP) is 2.15. The average molecular weight is 455 g/mol. The second-order valence-corrected chi connectivity index (χ2v) is 7.99. The van der Waals surface area contributed by atoms with E-state index in [0.717, 1.165) is 5.56 Å². The Morgan fingerprint density at radius 3 is 2.27 bits per heavy atom. The van der Waals surface area contributed by atoms with E-state index in [1.165, 1.54) is 7.11 Å². The lowest BCUT2D eigenvalue weighted by atomic mass is 9.97. The zero-order chi connectivity index (χ0) is 24.1. The fraction of sp³-hybridized carbons (Fsp3) is 0.385. The van der Waals surface area contributed by atoms with E-state index in [0.29, 0.717) is 18.4 Å². The van der Waals surface area contributed by atoms with Gasteiger partial charge in [0.1, 0.15) is 6.10 Å². The molecule has 2 aromatic rings. The standard InChI is InChI=1S/C26H34N2O5/c1-3-10-21(16-24(30)27-22(17-29)15-19-11-6-4-7-12-19)26(32)28-23(18-33-2)25(31)20-13-8-5-9-14-20/h3-9,11-14,21-23,25,29,31H,1,10,15-18H2,2H3,(H,27,30)(H,28,32)/t21-,22+,23+,25+/m1/s1. The average Bonchev–Trinajstić information content (AvgIpc) is 2.83. The van der Waals surface area contributed by atoms with Gasteiger partial charge < -0.3 is 25.6 Å². The van der Waals surface area contributed by atoms with E-state index in [2.05, 4.69) is 17.2 Å². The Morgan fingerprint density at radius 1 is 1.06 bits per heavy atom. The summed E-state index contributed by atoms with van der Waals surface area (Å²) in [5, 5.41) is 26.0. The minimum Gasteiger partial charge on any atom is -0.394 e. The van der Waals surface area contributed by atoms with E-state index < -0.39 is 24.1 Å². The highest BCUT2D eigenvalue weighted by molar-refractivity contribution is 5.86. The molecule has 33 heavy (non-hydrogen) atoms. The fourth-order valence-corrected chi connectivity index (χ4v) is 3.63. The number of carbonyl (C=O) groups excluding carboxylic acids is 2. The number of nitrogens with one attached hydrogen (secondary N) is 2. The summed E-state index contributed by atoms with van der Waals surface area (Å²) < 4.78 is 5.19. The zero-order valence-corrected chi connectivity index (χ0v) is 19.0. The lowest BCUT2D eigenvalue weighted by Gasteiger charge is -2.26. The van der Waals surface area contributed by atoms with E-state index in [-0.39, 0.29) is 31.4 Å². The van der Waals surface area contributed by atoms with Crippen molar-refractivity contribution >= 4 is 11.8 Å². The lowest BCUT2D eigenvalue weighted by Crippen LogP contribution is -2.46. The van der Waals surface area contributed by atoms with Gasteiger partial charge >= 0.3 is 0 Å². The molecule has 0 spiro atoms. The molecule has 2 amide bonds. The van der Waals surface area contributed by atoms with Gasteiger partial charge in [0.2, 0.25) is 11.8 Å². The molecule has 0 aliphatic rings. The van der Waals surface area contributed by atoms with Crippen molar-refractivity contribution in [3.63, 3.8) is 0 Å². The minimum absolute atomic E-state index is 0.0652. The number of aliphatic hydroxyl groups is 2. The van der Waals surface area contributed by atoms with Crippen LogP contribution in [0.1, 0.15) is 30.1 Å². The number of ether oxygens (including phenoxy) is 1. The normalized spacial score (nSPS) is 14.5. The SMILES string of the molecule is C=CC[C@H](CC(=O)N[C@H](CO)Cc1ccccc1)C(=O)N[C@@H](COC)[C@@H](O)c1ccccc1. The Kier molecular flexibility index (Phi) is 11.3. The van der Waals surface area contributed by atoms with Gasteiger partial charge in [-0.25, -0.2) is 0 Å². The number of rotatable bonds is 14. The van der Waals surface area contributed by atoms with Gasteiger partial charge in [-0.3, -0.25) is 9.59 Å². The molecule has 0 saturated carbocycles. The number of hydrogen-bond acceptors (Lipinski definition) is 5. The first-order chi connectivity index (χ1) is 16.0. The first kappa shape index (κ1) is 26.3. The van der Waals surface area contributed by atoms with Crippen molar-refractivity contribution in [2.45, 2.75) is 37.5 Å². The zero-order valence-electron chi connectivity index (χ0n) is 19.0. The second-order valence-electron chi connectivity index (χ2n) is 7.99. The van der Waals surface area contributed by atoms with Gasteiger partial charge in [0.15, 0.2) is 0 Å². The third-order valence-electron chi connectivity index (χ3n) is 5.36. The second kappa shape index (κ2) is 14.2. The number of allylic oxidation sites excluding steroid dienone is 1. The van der Waals surface area contributed by atoms with Crippen LogP contribution in [0.15, 0.2) is 73.3 Å². The van der Waals surface area contributed by atoms with E-state index >= 15 is 0 Å². The number of carbonyl (C=O) groups is 2. The molecule has 0 radical (unpaired) electrons. The molecule has 2 aromatic carbocycles. The summed E-state index contributed by atoms with van der Waals surface area (Å²) >= 11 is 0. The number of methoxy groups -OCH3 is 1. The first-order valence-electron chi connectivity index (χ1n) is 11.1. The van der Waals surface area contributed by atoms with Crippen LogP contribution in [-0.4, -0.2) is 54.4 Å². The molecule has 0 heterocycles. The summed E-state index contributed by atoms with van der Waals surface area (Å²) in [5.74, 6) is -1.37. The molecular weight excluding hydrogens is 420 g/mol. The van der Waals surface area contributed by atoms with Crippen LogP contribution in [0.3, 0.4) is 0 Å². The first-order valence-corrected chi connectivity index (χ1v) is 11.1. The Hall–Kier alpha value is -3.00. The number of hydrogen-bond donors (Lipinski definition) is 4. The monoisotopic (exact) mass is 454 g/mol. The van der Waals surface area contributed by atoms with Gasteiger partial charge in [0, 0.05) is 13.5 Å². The summed E-state index contributed by atoms with van der Waals surface area (Å²) in [6.07, 6.45) is 1.34. The van der Waals surface area contributed by atoms with Crippen LogP contribution in [0.5, 0.6) is 0 Å². The van der Waals surface area contributed by atoms with Crippen LogP contribution >= 0.6 is 0 Å². The summed E-state index contributed by atoms with van der Waals surface area (Å²) in [6.45, 7) is 3.59. The van der Waals surface area contributed by atoms with Gasteiger partial charge in [-0.05, 0) is 24.0 Å². The van der Waals surface area contributed by atoms with E-state index in [1.807, 2.05) is 48.5 Å². The Labute approximate surface area is 195 Å². The molecule has 0 aliphatic heterocycles. The third kappa shape index (κ3) is 8.81. The number of aliphatic hydroxyl groups excluding tert-OH is 2. The molecule has 0 fully saturated rings. The lowest BCUT2D eigenvalue weighted by molar-refractivity contribution is -0.132. The topological polar surface area (TPSA) is 108 Å².